The first-order valence-corrected chi connectivity index (χ1v) is 9.75. The first-order valence-electron chi connectivity index (χ1n) is 9.75. The maximum absolute atomic E-state index is 15.1. The summed E-state index contributed by atoms with van der Waals surface area (Å²) < 4.78 is 85.1. The molecule has 0 spiro atoms. The molecule has 0 N–H and O–H groups in total. The molecule has 7 heteroatoms. The molecule has 1 aliphatic carbocycles. The van der Waals surface area contributed by atoms with E-state index in [0.29, 0.717) is 19.3 Å². The van der Waals surface area contributed by atoms with Crippen LogP contribution in [0.25, 0.3) is 11.1 Å². The molecule has 29 heavy (non-hydrogen) atoms. The first kappa shape index (κ1) is 21.5. The molecule has 1 unspecified atom stereocenters. The van der Waals surface area contributed by atoms with Crippen LogP contribution in [0, 0.1) is 23.4 Å². The Morgan fingerprint density at radius 2 is 1.62 bits per heavy atom. The Balaban J connectivity index is 1.90. The highest BCUT2D eigenvalue weighted by molar-refractivity contribution is 5.68. The minimum Gasteiger partial charge on any atom is -0.406 e. The number of alkyl halides is 3. The predicted molar refractivity (Wildman–Crippen MR) is 98.1 cm³/mol. The van der Waals surface area contributed by atoms with Crippen molar-refractivity contribution in [3.8, 4) is 16.9 Å². The van der Waals surface area contributed by atoms with Crippen LogP contribution in [0.3, 0.4) is 0 Å². The third-order valence-electron chi connectivity index (χ3n) is 5.41. The lowest BCUT2D eigenvalue weighted by Crippen LogP contribution is -2.19. The molecule has 0 bridgehead atoms. The molecule has 0 heterocycles. The standard InChI is InChI=1S/C22H22F6O/c1-2-3-4-5-13-6-11-16-17(12-13)20(24)21(25)18(19(16)23)14-7-9-15(10-8-14)29-22(26,27)28/h7-10,13H,2-6,11-12H2,1H3. The molecule has 0 aromatic heterocycles. The minimum absolute atomic E-state index is 0.0405. The SMILES string of the molecule is CCCCCC1CCc2c(F)c(-c3ccc(OC(F)(F)F)cc3)c(F)c(F)c2C1. The van der Waals surface area contributed by atoms with Crippen LogP contribution in [0.2, 0.25) is 0 Å². The van der Waals surface area contributed by atoms with Crippen molar-refractivity contribution >= 4 is 0 Å². The summed E-state index contributed by atoms with van der Waals surface area (Å²) in [5.41, 5.74) is -0.333. The van der Waals surface area contributed by atoms with Gasteiger partial charge in [-0.25, -0.2) is 13.2 Å². The van der Waals surface area contributed by atoms with Crippen molar-refractivity contribution in [1.82, 2.24) is 0 Å². The van der Waals surface area contributed by atoms with Crippen LogP contribution in [-0.2, 0) is 12.8 Å². The van der Waals surface area contributed by atoms with Gasteiger partial charge in [0.05, 0.1) is 5.56 Å². The van der Waals surface area contributed by atoms with E-state index in [2.05, 4.69) is 11.7 Å². The van der Waals surface area contributed by atoms with Crippen LogP contribution in [0.1, 0.15) is 50.2 Å². The summed E-state index contributed by atoms with van der Waals surface area (Å²) in [4.78, 5) is 0. The largest absolute Gasteiger partial charge is 0.573 e. The average molecular weight is 416 g/mol. The molecule has 3 rings (SSSR count). The van der Waals surface area contributed by atoms with Crippen molar-refractivity contribution in [2.75, 3.05) is 0 Å². The quantitative estimate of drug-likeness (QED) is 0.272. The highest BCUT2D eigenvalue weighted by atomic mass is 19.4. The van der Waals surface area contributed by atoms with Gasteiger partial charge in [0.2, 0.25) is 0 Å². The molecule has 0 fully saturated rings. The van der Waals surface area contributed by atoms with Crippen molar-refractivity contribution in [2.45, 2.75) is 58.2 Å². The van der Waals surface area contributed by atoms with Gasteiger partial charge in [-0.05, 0) is 54.0 Å². The van der Waals surface area contributed by atoms with Gasteiger partial charge in [0.1, 0.15) is 11.6 Å². The van der Waals surface area contributed by atoms with Gasteiger partial charge in [-0.15, -0.1) is 13.2 Å². The zero-order valence-corrected chi connectivity index (χ0v) is 16.0. The molecule has 1 atom stereocenters. The second-order valence-corrected chi connectivity index (χ2v) is 7.45. The van der Waals surface area contributed by atoms with E-state index in [-0.39, 0.29) is 22.6 Å². The van der Waals surface area contributed by atoms with Crippen molar-refractivity contribution in [3.05, 3.63) is 52.8 Å². The predicted octanol–water partition coefficient (Wildman–Crippen LogP) is 7.35. The zero-order chi connectivity index (χ0) is 21.2. The topological polar surface area (TPSA) is 9.23 Å². The normalized spacial score (nSPS) is 16.6. The van der Waals surface area contributed by atoms with Gasteiger partial charge in [-0.3, -0.25) is 0 Å². The second-order valence-electron chi connectivity index (χ2n) is 7.45. The Labute approximate surface area is 165 Å². The molecule has 0 radical (unpaired) electrons. The second kappa shape index (κ2) is 8.67. The molecule has 1 aliphatic rings. The Bertz CT molecular complexity index is 857. The average Bonchev–Trinajstić information content (AvgIpc) is 2.67. The summed E-state index contributed by atoms with van der Waals surface area (Å²) in [7, 11) is 0. The van der Waals surface area contributed by atoms with Crippen LogP contribution in [0.15, 0.2) is 24.3 Å². The summed E-state index contributed by atoms with van der Waals surface area (Å²) in [6, 6.07) is 4.07. The molecular weight excluding hydrogens is 394 g/mol. The summed E-state index contributed by atoms with van der Waals surface area (Å²) in [6.45, 7) is 2.09. The van der Waals surface area contributed by atoms with Gasteiger partial charge < -0.3 is 4.74 Å². The van der Waals surface area contributed by atoms with Crippen LogP contribution in [0.4, 0.5) is 26.3 Å². The van der Waals surface area contributed by atoms with E-state index in [1.54, 1.807) is 0 Å². The van der Waals surface area contributed by atoms with E-state index in [9.17, 15) is 22.0 Å². The van der Waals surface area contributed by atoms with E-state index in [4.69, 9.17) is 0 Å². The molecular formula is C22H22F6O. The van der Waals surface area contributed by atoms with Gasteiger partial charge in [0, 0.05) is 0 Å². The molecule has 0 amide bonds. The highest BCUT2D eigenvalue weighted by Gasteiger charge is 2.32. The number of halogens is 6. The molecule has 0 aliphatic heterocycles. The number of rotatable bonds is 6. The first-order chi connectivity index (χ1) is 13.7. The molecule has 2 aromatic carbocycles. The molecule has 1 nitrogen and oxygen atoms in total. The van der Waals surface area contributed by atoms with Gasteiger partial charge in [0.25, 0.3) is 0 Å². The van der Waals surface area contributed by atoms with Crippen molar-refractivity contribution < 1.29 is 31.1 Å². The molecule has 0 saturated heterocycles. The summed E-state index contributed by atoms with van der Waals surface area (Å²) in [5.74, 6) is -3.52. The summed E-state index contributed by atoms with van der Waals surface area (Å²) >= 11 is 0. The van der Waals surface area contributed by atoms with Crippen LogP contribution in [-0.4, -0.2) is 6.36 Å². The van der Waals surface area contributed by atoms with Crippen molar-refractivity contribution in [2.24, 2.45) is 5.92 Å². The minimum atomic E-state index is -4.87. The van der Waals surface area contributed by atoms with Gasteiger partial charge in [-0.1, -0.05) is 44.7 Å². The van der Waals surface area contributed by atoms with Crippen LogP contribution >= 0.6 is 0 Å². The smallest absolute Gasteiger partial charge is 0.406 e. The number of fused-ring (bicyclic) bond motifs is 1. The molecule has 0 saturated carbocycles. The lowest BCUT2D eigenvalue weighted by molar-refractivity contribution is -0.274. The van der Waals surface area contributed by atoms with Crippen molar-refractivity contribution in [3.63, 3.8) is 0 Å². The fourth-order valence-electron chi connectivity index (χ4n) is 3.97. The number of hydrogen-bond acceptors (Lipinski definition) is 1. The van der Waals surface area contributed by atoms with Crippen molar-refractivity contribution in [1.29, 1.82) is 0 Å². The Kier molecular flexibility index (Phi) is 6.44. The third kappa shape index (κ3) is 4.87. The monoisotopic (exact) mass is 416 g/mol. The fourth-order valence-corrected chi connectivity index (χ4v) is 3.97. The molecule has 158 valence electrons. The highest BCUT2D eigenvalue weighted by Crippen LogP contribution is 2.39. The van der Waals surface area contributed by atoms with E-state index >= 15 is 4.39 Å². The Hall–Kier alpha value is -2.18. The summed E-state index contributed by atoms with van der Waals surface area (Å²) in [6.07, 6.45) is 0.499. The Morgan fingerprint density at radius 3 is 2.24 bits per heavy atom. The van der Waals surface area contributed by atoms with Crippen LogP contribution in [0.5, 0.6) is 5.75 Å². The number of benzene rings is 2. The summed E-state index contributed by atoms with van der Waals surface area (Å²) in [5, 5.41) is 0. The third-order valence-corrected chi connectivity index (χ3v) is 5.41. The lowest BCUT2D eigenvalue weighted by atomic mass is 9.79. The van der Waals surface area contributed by atoms with Gasteiger partial charge in [0.15, 0.2) is 11.6 Å². The maximum Gasteiger partial charge on any atom is 0.573 e. The van der Waals surface area contributed by atoms with E-state index in [1.165, 1.54) is 0 Å². The van der Waals surface area contributed by atoms with Gasteiger partial charge in [-0.2, -0.15) is 0 Å². The lowest BCUT2D eigenvalue weighted by Gasteiger charge is -2.27. The van der Waals surface area contributed by atoms with E-state index in [1.807, 2.05) is 0 Å². The number of hydrogen-bond donors (Lipinski definition) is 0. The Morgan fingerprint density at radius 1 is 0.931 bits per heavy atom. The fraction of sp³-hybridized carbons (Fsp3) is 0.455. The molecule has 2 aromatic rings. The zero-order valence-electron chi connectivity index (χ0n) is 16.0. The number of unbranched alkanes of at least 4 members (excludes halogenated alkanes) is 2. The number of ether oxygens (including phenoxy) is 1. The van der Waals surface area contributed by atoms with E-state index < -0.39 is 35.1 Å². The maximum atomic E-state index is 15.1. The van der Waals surface area contributed by atoms with Crippen LogP contribution < -0.4 is 4.74 Å². The van der Waals surface area contributed by atoms with E-state index in [0.717, 1.165) is 49.9 Å². The van der Waals surface area contributed by atoms with Gasteiger partial charge >= 0.3 is 6.36 Å².